The summed E-state index contributed by atoms with van der Waals surface area (Å²) in [6, 6.07) is 7.14. The van der Waals surface area contributed by atoms with E-state index in [1.165, 1.54) is 28.8 Å². The van der Waals surface area contributed by atoms with Gasteiger partial charge in [0.25, 0.3) is 0 Å². The number of carboxylic acids is 1. The van der Waals surface area contributed by atoms with Crippen LogP contribution in [0.4, 0.5) is 5.69 Å². The highest BCUT2D eigenvalue weighted by Gasteiger charge is 2.37. The number of rotatable bonds is 3. The van der Waals surface area contributed by atoms with Crippen LogP contribution in [0.1, 0.15) is 24.2 Å². The van der Waals surface area contributed by atoms with Crippen molar-refractivity contribution >= 4 is 11.7 Å². The van der Waals surface area contributed by atoms with Crippen molar-refractivity contribution in [3.63, 3.8) is 0 Å². The van der Waals surface area contributed by atoms with Gasteiger partial charge >= 0.3 is 5.97 Å². The zero-order valence-electron chi connectivity index (χ0n) is 12.8. The van der Waals surface area contributed by atoms with Crippen molar-refractivity contribution in [3.8, 4) is 17.5 Å². The minimum Gasteiger partial charge on any atom is -0.494 e. The van der Waals surface area contributed by atoms with E-state index in [2.05, 4.69) is 5.32 Å². The first kappa shape index (κ1) is 15.1. The molecular formula is C16H18N2O5. The highest BCUT2D eigenvalue weighted by Crippen LogP contribution is 2.38. The van der Waals surface area contributed by atoms with Gasteiger partial charge in [-0.3, -0.25) is 4.57 Å². The van der Waals surface area contributed by atoms with Gasteiger partial charge in [0.15, 0.2) is 11.8 Å². The lowest BCUT2D eigenvalue weighted by Crippen LogP contribution is -2.51. The predicted octanol–water partition coefficient (Wildman–Crippen LogP) is 2.25. The Hall–Kier alpha value is -2.83. The van der Waals surface area contributed by atoms with E-state index in [9.17, 15) is 15.0 Å². The van der Waals surface area contributed by atoms with Gasteiger partial charge in [0.2, 0.25) is 0 Å². The number of nitrogens with one attached hydrogen (secondary N) is 1. The Kier molecular flexibility index (Phi) is 3.35. The second kappa shape index (κ2) is 5.12. The van der Waals surface area contributed by atoms with Gasteiger partial charge in [-0.05, 0) is 32.0 Å². The van der Waals surface area contributed by atoms with Crippen molar-refractivity contribution < 1.29 is 24.9 Å². The van der Waals surface area contributed by atoms with E-state index >= 15 is 0 Å². The Bertz CT molecular complexity index is 746. The topological polar surface area (TPSA) is 104 Å². The van der Waals surface area contributed by atoms with E-state index in [0.717, 1.165) is 0 Å². The second-order valence-corrected chi connectivity index (χ2v) is 6.08. The molecule has 122 valence electrons. The number of fused-ring (bicyclic) bond motifs is 1. The smallest absolute Gasteiger partial charge is 0.335 e. The normalized spacial score (nSPS) is 18.6. The first-order valence-corrected chi connectivity index (χ1v) is 7.18. The molecule has 2 heterocycles. The molecule has 1 aromatic heterocycles. The Labute approximate surface area is 132 Å². The third kappa shape index (κ3) is 2.65. The third-order valence-corrected chi connectivity index (χ3v) is 4.07. The first-order valence-electron chi connectivity index (χ1n) is 7.18. The van der Waals surface area contributed by atoms with Crippen LogP contribution in [0.2, 0.25) is 0 Å². The Morgan fingerprint density at radius 1 is 1.26 bits per heavy atom. The van der Waals surface area contributed by atoms with Crippen LogP contribution in [0.3, 0.4) is 0 Å². The molecule has 0 radical (unpaired) electrons. The van der Waals surface area contributed by atoms with E-state index in [4.69, 9.17) is 9.84 Å². The summed E-state index contributed by atoms with van der Waals surface area (Å²) in [5.41, 5.74) is 0.103. The fraction of sp³-hybridized carbons (Fsp3) is 0.312. The van der Waals surface area contributed by atoms with Crippen molar-refractivity contribution in [2.24, 2.45) is 0 Å². The minimum atomic E-state index is -1.02. The van der Waals surface area contributed by atoms with Gasteiger partial charge in [0, 0.05) is 12.1 Å². The third-order valence-electron chi connectivity index (χ3n) is 4.07. The van der Waals surface area contributed by atoms with Crippen LogP contribution < -0.4 is 10.1 Å². The molecule has 7 nitrogen and oxygen atoms in total. The minimum absolute atomic E-state index is 0.0508. The van der Waals surface area contributed by atoms with Gasteiger partial charge in [0.05, 0.1) is 23.8 Å². The summed E-state index contributed by atoms with van der Waals surface area (Å²) in [4.78, 5) is 11.1. The summed E-state index contributed by atoms with van der Waals surface area (Å²) < 4.78 is 7.32. The number of benzene rings is 1. The summed E-state index contributed by atoms with van der Waals surface area (Å²) in [5.74, 6) is -0.552. The van der Waals surface area contributed by atoms with E-state index in [0.29, 0.717) is 11.4 Å². The number of nitrogens with zero attached hydrogens (tertiary/aromatic N) is 1. The highest BCUT2D eigenvalue weighted by atomic mass is 16.5. The summed E-state index contributed by atoms with van der Waals surface area (Å²) in [6.45, 7) is 4.03. The molecule has 7 heteroatoms. The van der Waals surface area contributed by atoms with Gasteiger partial charge in [-0.25, -0.2) is 4.79 Å². The summed E-state index contributed by atoms with van der Waals surface area (Å²) in [6.07, 6.45) is 0. The molecule has 3 rings (SSSR count). The van der Waals surface area contributed by atoms with Gasteiger partial charge in [-0.1, -0.05) is 0 Å². The average molecular weight is 318 g/mol. The van der Waals surface area contributed by atoms with Crippen molar-refractivity contribution in [1.29, 1.82) is 0 Å². The molecule has 0 bridgehead atoms. The summed E-state index contributed by atoms with van der Waals surface area (Å²) >= 11 is 0. The maximum atomic E-state index is 11.1. The van der Waals surface area contributed by atoms with Crippen LogP contribution in [0, 0.1) is 0 Å². The van der Waals surface area contributed by atoms with Crippen LogP contribution in [-0.4, -0.2) is 37.5 Å². The lowest BCUT2D eigenvalue weighted by molar-refractivity contribution is 0.0688. The average Bonchev–Trinajstić information content (AvgIpc) is 2.78. The first-order chi connectivity index (χ1) is 10.8. The number of aromatic nitrogens is 1. The fourth-order valence-electron chi connectivity index (χ4n) is 2.66. The number of aromatic carboxylic acids is 1. The van der Waals surface area contributed by atoms with Crippen molar-refractivity contribution in [2.45, 2.75) is 32.0 Å². The van der Waals surface area contributed by atoms with Crippen molar-refractivity contribution in [2.75, 3.05) is 5.32 Å². The molecular weight excluding hydrogens is 300 g/mol. The zero-order chi connectivity index (χ0) is 16.8. The molecule has 4 N–H and O–H groups in total. The molecule has 1 aliphatic heterocycles. The molecule has 23 heavy (non-hydrogen) atoms. The number of carboxylic acid groups (broad SMARTS) is 1. The maximum Gasteiger partial charge on any atom is 0.335 e. The molecule has 0 fully saturated rings. The van der Waals surface area contributed by atoms with Crippen LogP contribution >= 0.6 is 0 Å². The molecule has 0 saturated heterocycles. The fourth-order valence-corrected chi connectivity index (χ4v) is 2.66. The van der Waals surface area contributed by atoms with Gasteiger partial charge in [0.1, 0.15) is 11.4 Å². The number of anilines is 1. The highest BCUT2D eigenvalue weighted by molar-refractivity contribution is 5.89. The van der Waals surface area contributed by atoms with Crippen LogP contribution in [0.15, 0.2) is 30.3 Å². The number of aromatic hydroxyl groups is 2. The number of hydrogen-bond donors (Lipinski definition) is 4. The largest absolute Gasteiger partial charge is 0.494 e. The van der Waals surface area contributed by atoms with E-state index < -0.39 is 11.6 Å². The van der Waals surface area contributed by atoms with Crippen molar-refractivity contribution in [1.82, 2.24) is 4.57 Å². The lowest BCUT2D eigenvalue weighted by Gasteiger charge is -2.41. The van der Waals surface area contributed by atoms with Crippen LogP contribution in [0.5, 0.6) is 17.5 Å². The van der Waals surface area contributed by atoms with Gasteiger partial charge < -0.3 is 25.4 Å². The van der Waals surface area contributed by atoms with E-state index in [-0.39, 0.29) is 29.9 Å². The molecule has 1 aromatic carbocycles. The Morgan fingerprint density at radius 2 is 1.91 bits per heavy atom. The van der Waals surface area contributed by atoms with Gasteiger partial charge in [-0.15, -0.1) is 0 Å². The summed E-state index contributed by atoms with van der Waals surface area (Å²) in [5, 5.41) is 31.9. The molecule has 0 amide bonds. The molecule has 1 aliphatic rings. The van der Waals surface area contributed by atoms with Crippen LogP contribution in [-0.2, 0) is 6.54 Å². The SMILES string of the molecule is CC1(C)Oc2ccc(C(=O)O)cc2NC1Cn1c(O)ccc1O. The van der Waals surface area contributed by atoms with E-state index in [1.807, 2.05) is 13.8 Å². The zero-order valence-corrected chi connectivity index (χ0v) is 12.8. The Balaban J connectivity index is 1.93. The van der Waals surface area contributed by atoms with Gasteiger partial charge in [-0.2, -0.15) is 0 Å². The molecule has 0 aliphatic carbocycles. The van der Waals surface area contributed by atoms with Crippen molar-refractivity contribution in [3.05, 3.63) is 35.9 Å². The molecule has 1 atom stereocenters. The number of carbonyl (C=O) groups is 1. The number of hydrogen-bond acceptors (Lipinski definition) is 5. The predicted molar refractivity (Wildman–Crippen MR) is 83.3 cm³/mol. The number of ether oxygens (including phenoxy) is 1. The monoisotopic (exact) mass is 318 g/mol. The quantitative estimate of drug-likeness (QED) is 0.692. The van der Waals surface area contributed by atoms with E-state index in [1.54, 1.807) is 6.07 Å². The molecule has 2 aromatic rings. The Morgan fingerprint density at radius 3 is 2.52 bits per heavy atom. The second-order valence-electron chi connectivity index (χ2n) is 6.08. The maximum absolute atomic E-state index is 11.1. The lowest BCUT2D eigenvalue weighted by atomic mass is 9.95. The van der Waals surface area contributed by atoms with Crippen LogP contribution in [0.25, 0.3) is 0 Å². The molecule has 0 saturated carbocycles. The molecule has 0 spiro atoms. The summed E-state index contributed by atoms with van der Waals surface area (Å²) in [7, 11) is 0. The standard InChI is InChI=1S/C16H18N2O5/c1-16(2)12(8-18-13(19)5-6-14(18)20)17-10-7-9(15(21)22)3-4-11(10)23-16/h3-7,12,17,19-20H,8H2,1-2H3,(H,21,22). The molecule has 1 unspecified atom stereocenters.